The van der Waals surface area contributed by atoms with E-state index < -0.39 is 0 Å². The lowest BCUT2D eigenvalue weighted by molar-refractivity contribution is 0.0785. The predicted molar refractivity (Wildman–Crippen MR) is 78.0 cm³/mol. The summed E-state index contributed by atoms with van der Waals surface area (Å²) in [6, 6.07) is 13.8. The van der Waals surface area contributed by atoms with E-state index in [4.69, 9.17) is 0 Å². The molecule has 0 aliphatic carbocycles. The Hall–Kier alpha value is -2.16. The van der Waals surface area contributed by atoms with Crippen molar-refractivity contribution in [3.63, 3.8) is 0 Å². The third kappa shape index (κ3) is 3.44. The van der Waals surface area contributed by atoms with E-state index in [0.717, 1.165) is 12.0 Å². The molecule has 0 aliphatic heterocycles. The number of carbonyl (C=O) groups is 1. The molecule has 0 atom stereocenters. The van der Waals surface area contributed by atoms with E-state index in [-0.39, 0.29) is 11.7 Å². The molecule has 3 heteroatoms. The van der Waals surface area contributed by atoms with Gasteiger partial charge in [0.15, 0.2) is 0 Å². The lowest BCUT2D eigenvalue weighted by Crippen LogP contribution is -2.26. The standard InChI is InChI=1S/C17H18FNO/c1-3-13-4-8-15(9-5-13)17(20)19(2)12-14-6-10-16(18)11-7-14/h4-11H,3,12H2,1-2H3. The van der Waals surface area contributed by atoms with Gasteiger partial charge >= 0.3 is 0 Å². The first kappa shape index (κ1) is 14.3. The summed E-state index contributed by atoms with van der Waals surface area (Å²) in [5.74, 6) is -0.296. The summed E-state index contributed by atoms with van der Waals surface area (Å²) < 4.78 is 12.8. The van der Waals surface area contributed by atoms with Crippen molar-refractivity contribution in [3.05, 3.63) is 71.0 Å². The van der Waals surface area contributed by atoms with E-state index in [1.54, 1.807) is 24.1 Å². The van der Waals surface area contributed by atoms with Crippen LogP contribution < -0.4 is 0 Å². The maximum atomic E-state index is 12.8. The van der Waals surface area contributed by atoms with Crippen LogP contribution in [0.25, 0.3) is 0 Å². The van der Waals surface area contributed by atoms with Crippen LogP contribution in [0, 0.1) is 5.82 Å². The molecular formula is C17H18FNO. The molecule has 104 valence electrons. The van der Waals surface area contributed by atoms with Crippen molar-refractivity contribution in [1.82, 2.24) is 4.90 Å². The summed E-state index contributed by atoms with van der Waals surface area (Å²) in [6.45, 7) is 2.55. The van der Waals surface area contributed by atoms with E-state index in [9.17, 15) is 9.18 Å². The number of aryl methyl sites for hydroxylation is 1. The SMILES string of the molecule is CCc1ccc(C(=O)N(C)Cc2ccc(F)cc2)cc1. The minimum absolute atomic E-state index is 0.0306. The Balaban J connectivity index is 2.05. The normalized spacial score (nSPS) is 10.3. The van der Waals surface area contributed by atoms with Crippen molar-refractivity contribution in [3.8, 4) is 0 Å². The van der Waals surface area contributed by atoms with Crippen LogP contribution in [0.2, 0.25) is 0 Å². The molecule has 0 N–H and O–H groups in total. The van der Waals surface area contributed by atoms with Gasteiger partial charge < -0.3 is 4.90 Å². The van der Waals surface area contributed by atoms with Crippen molar-refractivity contribution in [2.45, 2.75) is 19.9 Å². The molecule has 0 aromatic heterocycles. The molecule has 0 aliphatic rings. The Labute approximate surface area is 118 Å². The van der Waals surface area contributed by atoms with E-state index in [0.29, 0.717) is 12.1 Å². The molecule has 0 saturated heterocycles. The largest absolute Gasteiger partial charge is 0.337 e. The molecule has 0 unspecified atom stereocenters. The van der Waals surface area contributed by atoms with E-state index in [1.165, 1.54) is 17.7 Å². The van der Waals surface area contributed by atoms with E-state index in [1.807, 2.05) is 24.3 Å². The zero-order chi connectivity index (χ0) is 14.5. The third-order valence-corrected chi connectivity index (χ3v) is 3.29. The van der Waals surface area contributed by atoms with Crippen LogP contribution in [0.1, 0.15) is 28.4 Å². The summed E-state index contributed by atoms with van der Waals surface area (Å²) in [6.07, 6.45) is 0.958. The summed E-state index contributed by atoms with van der Waals surface area (Å²) in [4.78, 5) is 13.9. The Bertz CT molecular complexity index is 575. The van der Waals surface area contributed by atoms with Crippen molar-refractivity contribution in [2.75, 3.05) is 7.05 Å². The highest BCUT2D eigenvalue weighted by Crippen LogP contribution is 2.11. The van der Waals surface area contributed by atoms with Crippen LogP contribution in [0.5, 0.6) is 0 Å². The molecule has 2 rings (SSSR count). The molecular weight excluding hydrogens is 253 g/mol. The Morgan fingerprint density at radius 1 is 1.00 bits per heavy atom. The van der Waals surface area contributed by atoms with Crippen LogP contribution in [0.3, 0.4) is 0 Å². The van der Waals surface area contributed by atoms with Crippen LogP contribution in [-0.4, -0.2) is 17.9 Å². The lowest BCUT2D eigenvalue weighted by atomic mass is 10.1. The van der Waals surface area contributed by atoms with Gasteiger partial charge in [0.05, 0.1) is 0 Å². The van der Waals surface area contributed by atoms with Crippen molar-refractivity contribution < 1.29 is 9.18 Å². The quantitative estimate of drug-likeness (QED) is 0.831. The van der Waals surface area contributed by atoms with Gasteiger partial charge in [-0.25, -0.2) is 4.39 Å². The van der Waals surface area contributed by atoms with Gasteiger partial charge in [-0.2, -0.15) is 0 Å². The van der Waals surface area contributed by atoms with Crippen molar-refractivity contribution >= 4 is 5.91 Å². The maximum Gasteiger partial charge on any atom is 0.253 e. The molecule has 20 heavy (non-hydrogen) atoms. The fourth-order valence-electron chi connectivity index (χ4n) is 2.04. The molecule has 0 radical (unpaired) electrons. The smallest absolute Gasteiger partial charge is 0.253 e. The molecule has 0 heterocycles. The Morgan fingerprint density at radius 3 is 2.10 bits per heavy atom. The Morgan fingerprint density at radius 2 is 1.55 bits per heavy atom. The first-order valence-corrected chi connectivity index (χ1v) is 6.69. The fraction of sp³-hybridized carbons (Fsp3) is 0.235. The number of hydrogen-bond donors (Lipinski definition) is 0. The molecule has 0 saturated carbocycles. The number of hydrogen-bond acceptors (Lipinski definition) is 1. The van der Waals surface area contributed by atoms with E-state index >= 15 is 0 Å². The summed E-state index contributed by atoms with van der Waals surface area (Å²) in [5.41, 5.74) is 2.79. The lowest BCUT2D eigenvalue weighted by Gasteiger charge is -2.17. The predicted octanol–water partition coefficient (Wildman–Crippen LogP) is 3.66. The zero-order valence-corrected chi connectivity index (χ0v) is 11.8. The van der Waals surface area contributed by atoms with Gasteiger partial charge in [-0.15, -0.1) is 0 Å². The number of nitrogens with zero attached hydrogens (tertiary/aromatic N) is 1. The van der Waals surface area contributed by atoms with Gasteiger partial charge in [-0.1, -0.05) is 31.2 Å². The van der Waals surface area contributed by atoms with Crippen molar-refractivity contribution in [2.24, 2.45) is 0 Å². The average Bonchev–Trinajstić information content (AvgIpc) is 2.49. The number of halogens is 1. The topological polar surface area (TPSA) is 20.3 Å². The molecule has 0 spiro atoms. The van der Waals surface area contributed by atoms with Crippen LogP contribution in [0.4, 0.5) is 4.39 Å². The van der Waals surface area contributed by atoms with Crippen LogP contribution in [-0.2, 0) is 13.0 Å². The molecule has 0 fully saturated rings. The van der Waals surface area contributed by atoms with Gasteiger partial charge in [-0.05, 0) is 41.8 Å². The van der Waals surface area contributed by atoms with Gasteiger partial charge in [0.25, 0.3) is 5.91 Å². The highest BCUT2D eigenvalue weighted by molar-refractivity contribution is 5.94. The fourth-order valence-corrected chi connectivity index (χ4v) is 2.04. The number of rotatable bonds is 4. The minimum Gasteiger partial charge on any atom is -0.337 e. The Kier molecular flexibility index (Phi) is 4.51. The third-order valence-electron chi connectivity index (χ3n) is 3.29. The number of amides is 1. The van der Waals surface area contributed by atoms with Gasteiger partial charge in [0.2, 0.25) is 0 Å². The van der Waals surface area contributed by atoms with Gasteiger partial charge in [0.1, 0.15) is 5.82 Å². The summed E-state index contributed by atoms with van der Waals surface area (Å²) in [5, 5.41) is 0. The van der Waals surface area contributed by atoms with Gasteiger partial charge in [-0.3, -0.25) is 4.79 Å². The van der Waals surface area contributed by atoms with Gasteiger partial charge in [0, 0.05) is 19.2 Å². The maximum absolute atomic E-state index is 12.8. The first-order chi connectivity index (χ1) is 9.60. The molecule has 2 nitrogen and oxygen atoms in total. The minimum atomic E-state index is -0.266. The second kappa shape index (κ2) is 6.33. The highest BCUT2D eigenvalue weighted by atomic mass is 19.1. The van der Waals surface area contributed by atoms with Crippen LogP contribution >= 0.6 is 0 Å². The van der Waals surface area contributed by atoms with Crippen LogP contribution in [0.15, 0.2) is 48.5 Å². The molecule has 0 bridgehead atoms. The summed E-state index contributed by atoms with van der Waals surface area (Å²) >= 11 is 0. The number of carbonyl (C=O) groups excluding carboxylic acids is 1. The second-order valence-electron chi connectivity index (χ2n) is 4.84. The highest BCUT2D eigenvalue weighted by Gasteiger charge is 2.11. The summed E-state index contributed by atoms with van der Waals surface area (Å²) in [7, 11) is 1.75. The second-order valence-corrected chi connectivity index (χ2v) is 4.84. The average molecular weight is 271 g/mol. The molecule has 2 aromatic rings. The molecule has 2 aromatic carbocycles. The molecule has 1 amide bonds. The monoisotopic (exact) mass is 271 g/mol. The number of benzene rings is 2. The first-order valence-electron chi connectivity index (χ1n) is 6.69. The van der Waals surface area contributed by atoms with Crippen molar-refractivity contribution in [1.29, 1.82) is 0 Å². The van der Waals surface area contributed by atoms with E-state index in [2.05, 4.69) is 6.92 Å². The zero-order valence-electron chi connectivity index (χ0n) is 11.8.